The first-order valence-electron chi connectivity index (χ1n) is 6.01. The summed E-state index contributed by atoms with van der Waals surface area (Å²) in [6, 6.07) is 9.83. The van der Waals surface area contributed by atoms with Crippen molar-refractivity contribution in [1.29, 1.82) is 0 Å². The van der Waals surface area contributed by atoms with E-state index in [-0.39, 0.29) is 0 Å². The molecule has 3 aromatic rings. The highest BCUT2D eigenvalue weighted by atomic mass is 32.1. The summed E-state index contributed by atoms with van der Waals surface area (Å²) in [5.74, 6) is 1.33. The molecule has 0 spiro atoms. The van der Waals surface area contributed by atoms with Gasteiger partial charge in [-0.2, -0.15) is 16.3 Å². The molecule has 0 amide bonds. The summed E-state index contributed by atoms with van der Waals surface area (Å²) in [4.78, 5) is 4.39. The Morgan fingerprint density at radius 1 is 1.11 bits per heavy atom. The molecule has 0 radical (unpaired) electrons. The lowest BCUT2D eigenvalue weighted by atomic mass is 10.1. The predicted molar refractivity (Wildman–Crippen MR) is 75.9 cm³/mol. The van der Waals surface area contributed by atoms with Crippen molar-refractivity contribution in [2.45, 2.75) is 12.8 Å². The van der Waals surface area contributed by atoms with Crippen LogP contribution >= 0.6 is 11.3 Å². The molecule has 0 saturated carbocycles. The molecule has 0 fully saturated rings. The number of nitrogens with two attached hydrogens (primary N) is 1. The normalized spacial score (nSPS) is 10.7. The molecule has 3 rings (SSSR count). The zero-order valence-electron chi connectivity index (χ0n) is 10.2. The number of hydrogen-bond donors (Lipinski definition) is 1. The van der Waals surface area contributed by atoms with E-state index in [4.69, 9.17) is 10.3 Å². The summed E-state index contributed by atoms with van der Waals surface area (Å²) in [6.45, 7) is 0. The molecule has 0 bridgehead atoms. The average molecular weight is 271 g/mol. The molecule has 0 unspecified atom stereocenters. The fraction of sp³-hybridized carbons (Fsp3) is 0.143. The Hall–Kier alpha value is -2.14. The van der Waals surface area contributed by atoms with E-state index in [1.54, 1.807) is 11.3 Å². The van der Waals surface area contributed by atoms with Crippen LogP contribution in [0.25, 0.3) is 11.4 Å². The standard InChI is InChI=1S/C14H13N3OS/c15-12-4-1-10(2-5-12)3-6-13-16-14(17-18-13)11-7-8-19-9-11/h1-2,4-5,7-9H,3,6,15H2. The van der Waals surface area contributed by atoms with Crippen molar-refractivity contribution in [3.05, 3.63) is 52.5 Å². The first-order valence-corrected chi connectivity index (χ1v) is 6.95. The van der Waals surface area contributed by atoms with E-state index in [2.05, 4.69) is 10.1 Å². The zero-order chi connectivity index (χ0) is 13.1. The van der Waals surface area contributed by atoms with Gasteiger partial charge >= 0.3 is 0 Å². The van der Waals surface area contributed by atoms with Crippen molar-refractivity contribution in [3.63, 3.8) is 0 Å². The van der Waals surface area contributed by atoms with Crippen molar-refractivity contribution in [2.75, 3.05) is 5.73 Å². The molecule has 96 valence electrons. The molecule has 2 N–H and O–H groups in total. The van der Waals surface area contributed by atoms with Gasteiger partial charge in [-0.05, 0) is 35.6 Å². The van der Waals surface area contributed by atoms with Crippen LogP contribution in [-0.4, -0.2) is 10.1 Å². The summed E-state index contributed by atoms with van der Waals surface area (Å²) in [7, 11) is 0. The zero-order valence-corrected chi connectivity index (χ0v) is 11.1. The maximum atomic E-state index is 5.65. The van der Waals surface area contributed by atoms with Crippen molar-refractivity contribution in [3.8, 4) is 11.4 Å². The second-order valence-corrected chi connectivity index (χ2v) is 5.05. The van der Waals surface area contributed by atoms with Gasteiger partial charge in [0.05, 0.1) is 0 Å². The average Bonchev–Trinajstić information content (AvgIpc) is 3.09. The first kappa shape index (κ1) is 11.9. The van der Waals surface area contributed by atoms with Gasteiger partial charge in [0.25, 0.3) is 0 Å². The minimum Gasteiger partial charge on any atom is -0.399 e. The number of nitrogens with zero attached hydrogens (tertiary/aromatic N) is 2. The third-order valence-electron chi connectivity index (χ3n) is 2.85. The van der Waals surface area contributed by atoms with Gasteiger partial charge < -0.3 is 10.3 Å². The number of anilines is 1. The maximum absolute atomic E-state index is 5.65. The predicted octanol–water partition coefficient (Wildman–Crippen LogP) is 3.17. The minimum atomic E-state index is 0.661. The number of rotatable bonds is 4. The molecule has 1 aromatic carbocycles. The number of nitrogen functional groups attached to an aromatic ring is 1. The molecule has 5 heteroatoms. The van der Waals surface area contributed by atoms with E-state index >= 15 is 0 Å². The van der Waals surface area contributed by atoms with Gasteiger partial charge in [-0.1, -0.05) is 17.3 Å². The molecule has 0 aliphatic carbocycles. The molecule has 0 saturated heterocycles. The summed E-state index contributed by atoms with van der Waals surface area (Å²) in [5.41, 5.74) is 8.65. The van der Waals surface area contributed by atoms with Gasteiger partial charge in [0, 0.05) is 23.1 Å². The third kappa shape index (κ3) is 2.82. The molecule has 0 aliphatic heterocycles. The van der Waals surface area contributed by atoms with Crippen LogP contribution in [0.4, 0.5) is 5.69 Å². The van der Waals surface area contributed by atoms with Crippen LogP contribution in [0.2, 0.25) is 0 Å². The summed E-state index contributed by atoms with van der Waals surface area (Å²) in [6.07, 6.45) is 1.60. The topological polar surface area (TPSA) is 64.9 Å². The number of aromatic nitrogens is 2. The van der Waals surface area contributed by atoms with Crippen LogP contribution < -0.4 is 5.73 Å². The Balaban J connectivity index is 1.66. The molecule has 0 atom stereocenters. The van der Waals surface area contributed by atoms with E-state index in [1.165, 1.54) is 5.56 Å². The van der Waals surface area contributed by atoms with Crippen LogP contribution in [0.5, 0.6) is 0 Å². The number of thiophene rings is 1. The summed E-state index contributed by atoms with van der Waals surface area (Å²) >= 11 is 1.62. The Kier molecular flexibility index (Phi) is 3.29. The van der Waals surface area contributed by atoms with Gasteiger partial charge in [0.2, 0.25) is 11.7 Å². The lowest BCUT2D eigenvalue weighted by Crippen LogP contribution is -1.92. The van der Waals surface area contributed by atoms with Crippen LogP contribution in [0.15, 0.2) is 45.6 Å². The fourth-order valence-corrected chi connectivity index (χ4v) is 2.44. The summed E-state index contributed by atoms with van der Waals surface area (Å²) in [5, 5.41) is 7.99. The molecule has 19 heavy (non-hydrogen) atoms. The van der Waals surface area contributed by atoms with E-state index in [0.717, 1.165) is 24.1 Å². The van der Waals surface area contributed by atoms with Crippen molar-refractivity contribution >= 4 is 17.0 Å². The van der Waals surface area contributed by atoms with E-state index in [1.807, 2.05) is 41.1 Å². The van der Waals surface area contributed by atoms with Crippen LogP contribution in [-0.2, 0) is 12.8 Å². The molecular formula is C14H13N3OS. The highest BCUT2D eigenvalue weighted by Gasteiger charge is 2.08. The van der Waals surface area contributed by atoms with Gasteiger partial charge in [-0.3, -0.25) is 0 Å². The quantitative estimate of drug-likeness (QED) is 0.740. The number of aryl methyl sites for hydroxylation is 2. The van der Waals surface area contributed by atoms with E-state index in [9.17, 15) is 0 Å². The van der Waals surface area contributed by atoms with Gasteiger partial charge in [-0.15, -0.1) is 0 Å². The van der Waals surface area contributed by atoms with Crippen molar-refractivity contribution < 1.29 is 4.52 Å². The van der Waals surface area contributed by atoms with E-state index < -0.39 is 0 Å². The second-order valence-electron chi connectivity index (χ2n) is 4.27. The van der Waals surface area contributed by atoms with E-state index in [0.29, 0.717) is 11.7 Å². The van der Waals surface area contributed by atoms with Crippen molar-refractivity contribution in [1.82, 2.24) is 10.1 Å². The minimum absolute atomic E-state index is 0.661. The van der Waals surface area contributed by atoms with Gasteiger partial charge in [0.1, 0.15) is 0 Å². The smallest absolute Gasteiger partial charge is 0.227 e. The molecule has 2 aromatic heterocycles. The highest BCUT2D eigenvalue weighted by molar-refractivity contribution is 7.08. The Labute approximate surface area is 114 Å². The SMILES string of the molecule is Nc1ccc(CCc2nc(-c3ccsc3)no2)cc1. The Morgan fingerprint density at radius 3 is 2.68 bits per heavy atom. The number of hydrogen-bond acceptors (Lipinski definition) is 5. The highest BCUT2D eigenvalue weighted by Crippen LogP contribution is 2.19. The number of benzene rings is 1. The van der Waals surface area contributed by atoms with Crippen molar-refractivity contribution in [2.24, 2.45) is 0 Å². The van der Waals surface area contributed by atoms with Crippen LogP contribution in [0, 0.1) is 0 Å². The lowest BCUT2D eigenvalue weighted by molar-refractivity contribution is 0.379. The lowest BCUT2D eigenvalue weighted by Gasteiger charge is -1.98. The molecule has 4 nitrogen and oxygen atoms in total. The first-order chi connectivity index (χ1) is 9.31. The summed E-state index contributed by atoms with van der Waals surface area (Å²) < 4.78 is 5.25. The van der Waals surface area contributed by atoms with Crippen LogP contribution in [0.3, 0.4) is 0 Å². The van der Waals surface area contributed by atoms with Gasteiger partial charge in [0.15, 0.2) is 0 Å². The maximum Gasteiger partial charge on any atom is 0.227 e. The molecule has 2 heterocycles. The fourth-order valence-electron chi connectivity index (χ4n) is 1.80. The third-order valence-corrected chi connectivity index (χ3v) is 3.54. The van der Waals surface area contributed by atoms with Crippen LogP contribution in [0.1, 0.15) is 11.5 Å². The largest absolute Gasteiger partial charge is 0.399 e. The second kappa shape index (κ2) is 5.24. The van der Waals surface area contributed by atoms with Gasteiger partial charge in [-0.25, -0.2) is 0 Å². The Morgan fingerprint density at radius 2 is 1.95 bits per heavy atom. The Bertz CT molecular complexity index is 644. The molecule has 0 aliphatic rings. The monoisotopic (exact) mass is 271 g/mol. The molecular weight excluding hydrogens is 258 g/mol.